The van der Waals surface area contributed by atoms with Gasteiger partial charge < -0.3 is 19.4 Å². The quantitative estimate of drug-likeness (QED) is 0.112. The summed E-state index contributed by atoms with van der Waals surface area (Å²) >= 11 is 7.50. The van der Waals surface area contributed by atoms with Gasteiger partial charge in [-0.25, -0.2) is 8.42 Å². The Hall–Kier alpha value is -2.78. The minimum atomic E-state index is -4.61. The van der Waals surface area contributed by atoms with Crippen LogP contribution < -0.4 is 0 Å². The number of allylic oxidation sites excluding steroid dienone is 4. The maximum atomic E-state index is 15.1. The van der Waals surface area contributed by atoms with Gasteiger partial charge in [-0.2, -0.15) is 17.5 Å². The molecule has 9 rings (SSSR count). The molecule has 0 saturated heterocycles. The Kier molecular flexibility index (Phi) is 9.75. The Bertz CT molecular complexity index is 2200. The van der Waals surface area contributed by atoms with Crippen LogP contribution in [-0.2, 0) is 20.9 Å². The smallest absolute Gasteiger partial charge is 0.416 e. The number of sulfonamides is 1. The van der Waals surface area contributed by atoms with Gasteiger partial charge in [0.05, 0.1) is 22.3 Å². The fourth-order valence-electron chi connectivity index (χ4n) is 11.7. The summed E-state index contributed by atoms with van der Waals surface area (Å²) in [6.45, 7) is 4.70. The van der Waals surface area contributed by atoms with E-state index in [-0.39, 0.29) is 56.7 Å². The Morgan fingerprint density at radius 3 is 2.50 bits per heavy atom. The van der Waals surface area contributed by atoms with E-state index in [2.05, 4.69) is 19.1 Å². The lowest BCUT2D eigenvalue weighted by Crippen LogP contribution is -2.67. The van der Waals surface area contributed by atoms with E-state index >= 15 is 4.79 Å². The zero-order valence-corrected chi connectivity index (χ0v) is 34.0. The van der Waals surface area contributed by atoms with Crippen LogP contribution in [0.15, 0.2) is 80.3 Å². The first-order valence-corrected chi connectivity index (χ1v) is 21.9. The van der Waals surface area contributed by atoms with E-state index in [4.69, 9.17) is 20.8 Å². The van der Waals surface area contributed by atoms with Gasteiger partial charge in [0.25, 0.3) is 10.0 Å². The highest BCUT2D eigenvalue weighted by molar-refractivity contribution is 7.91. The number of benzene rings is 1. The number of aliphatic hydroxyl groups is 2. The Labute approximate surface area is 334 Å². The number of thiophene rings is 1. The largest absolute Gasteiger partial charge is 0.453 e. The molecule has 2 bridgehead atoms. The first kappa shape index (κ1) is 40.0. The number of methoxy groups -OCH3 is 1. The second kappa shape index (κ2) is 13.6. The molecule has 1 unspecified atom stereocenters. The van der Waals surface area contributed by atoms with Gasteiger partial charge in [0.15, 0.2) is 5.76 Å². The summed E-state index contributed by atoms with van der Waals surface area (Å²) in [6.07, 6.45) is 5.50. The molecule has 302 valence electrons. The monoisotopic (exact) mass is 833 g/mol. The average molecular weight is 834 g/mol. The molecule has 56 heavy (non-hydrogen) atoms. The number of alkyl halides is 3. The van der Waals surface area contributed by atoms with Crippen molar-refractivity contribution in [3.05, 3.63) is 88.0 Å². The van der Waals surface area contributed by atoms with E-state index in [0.717, 1.165) is 36.0 Å². The molecule has 0 aliphatic heterocycles. The molecular formula is C42H47ClF3NO7S2. The van der Waals surface area contributed by atoms with Gasteiger partial charge in [0, 0.05) is 54.2 Å². The van der Waals surface area contributed by atoms with Crippen LogP contribution in [0, 0.1) is 33.5 Å². The molecule has 2 heterocycles. The zero-order chi connectivity index (χ0) is 40.1. The lowest BCUT2D eigenvalue weighted by Gasteiger charge is -2.71. The van der Waals surface area contributed by atoms with Crippen LogP contribution in [0.4, 0.5) is 13.2 Å². The van der Waals surface area contributed by atoms with Gasteiger partial charge >= 0.3 is 6.18 Å². The molecule has 2 spiro atoms. The number of aliphatic hydroxyl groups excluding tert-OH is 1. The molecule has 8 atom stereocenters. The van der Waals surface area contributed by atoms with Crippen molar-refractivity contribution in [3.8, 4) is 11.3 Å². The average Bonchev–Trinajstić information content (AvgIpc) is 3.92. The number of furan rings is 1. The number of ketones is 1. The van der Waals surface area contributed by atoms with Gasteiger partial charge in [-0.3, -0.25) is 4.79 Å². The summed E-state index contributed by atoms with van der Waals surface area (Å²) in [6, 6.07) is 9.15. The number of carbonyl (C=O) groups excluding carboxylic acids is 1. The third kappa shape index (κ3) is 5.80. The van der Waals surface area contributed by atoms with Crippen molar-refractivity contribution in [2.24, 2.45) is 33.5 Å². The standard InChI is InChI=1S/C42H47ClF3NO7S2/c1-37-14-11-27(48)23-39(37)17-18-41(29(24-39)36(49)32-10-9-31(54-32)28-22-26(42(44,45)46)7-8-30(28)43)33(37)12-15-38(2)34(41)13-16-40(38,50)25-47(19-5-20-53-3)56(51,52)35-6-4-21-55-35/h4,6-10,17-18,21-22,24,27,33-34,48,50H,5,11-16,19-20,23,25H2,1-3H3/t27?,33-,34-,37-,38+,39+,40-,41-/m1/s1. The summed E-state index contributed by atoms with van der Waals surface area (Å²) in [4.78, 5) is 15.1. The van der Waals surface area contributed by atoms with Crippen LogP contribution >= 0.6 is 22.9 Å². The highest BCUT2D eigenvalue weighted by Gasteiger charge is 2.74. The van der Waals surface area contributed by atoms with E-state index < -0.39 is 55.5 Å². The third-order valence-corrected chi connectivity index (χ3v) is 18.2. The highest BCUT2D eigenvalue weighted by Crippen LogP contribution is 2.78. The second-order valence-corrected chi connectivity index (χ2v) is 20.6. The van der Waals surface area contributed by atoms with Gasteiger partial charge in [-0.15, -0.1) is 11.3 Å². The topological polar surface area (TPSA) is 117 Å². The molecule has 14 heteroatoms. The van der Waals surface area contributed by atoms with E-state index in [0.29, 0.717) is 57.1 Å². The van der Waals surface area contributed by atoms with E-state index in [1.54, 1.807) is 24.6 Å². The predicted octanol–water partition coefficient (Wildman–Crippen LogP) is 9.18. The molecular weight excluding hydrogens is 787 g/mol. The summed E-state index contributed by atoms with van der Waals surface area (Å²) in [5.41, 5.74) is -4.47. The summed E-state index contributed by atoms with van der Waals surface area (Å²) in [7, 11) is -2.38. The van der Waals surface area contributed by atoms with Crippen molar-refractivity contribution >= 4 is 38.7 Å². The molecule has 6 aliphatic carbocycles. The molecule has 3 saturated carbocycles. The van der Waals surface area contributed by atoms with Crippen molar-refractivity contribution in [2.45, 2.75) is 87.3 Å². The molecule has 0 radical (unpaired) electrons. The normalized spacial score (nSPS) is 35.0. The van der Waals surface area contributed by atoms with Crippen LogP contribution in [0.25, 0.3) is 11.3 Å². The third-order valence-electron chi connectivity index (χ3n) is 14.6. The molecule has 3 fully saturated rings. The van der Waals surface area contributed by atoms with Crippen LogP contribution in [0.5, 0.6) is 0 Å². The molecule has 6 aliphatic rings. The van der Waals surface area contributed by atoms with Crippen molar-refractivity contribution in [3.63, 3.8) is 0 Å². The first-order chi connectivity index (χ1) is 26.4. The number of rotatable bonds is 11. The Morgan fingerprint density at radius 2 is 1.79 bits per heavy atom. The minimum Gasteiger partial charge on any atom is -0.453 e. The number of nitrogens with zero attached hydrogens (tertiary/aromatic N) is 1. The van der Waals surface area contributed by atoms with Gasteiger partial charge in [-0.05, 0) is 110 Å². The molecule has 3 aromatic rings. The SMILES string of the molecule is COCCCN(C[C@]1(O)CC[C@H]2[C@]34C=C[C@@]5(C=C3C(=O)c3ccc(-c6cc(C(F)(F)F)ccc6Cl)o3)CC(O)CC[C@]5(C)[C@H]4CC[C@@]21C)S(=O)(=O)c1cccs1. The summed E-state index contributed by atoms with van der Waals surface area (Å²) in [5.74, 6) is -0.746. The summed E-state index contributed by atoms with van der Waals surface area (Å²) in [5, 5.41) is 25.8. The number of hydrogen-bond acceptors (Lipinski definition) is 8. The number of hydrogen-bond donors (Lipinski definition) is 2. The van der Waals surface area contributed by atoms with Crippen LogP contribution in [0.1, 0.15) is 81.3 Å². The van der Waals surface area contributed by atoms with Crippen LogP contribution in [0.3, 0.4) is 0 Å². The number of Topliss-reactive ketones (excluding diaryl/α,β-unsaturated/α-hetero) is 1. The zero-order valence-electron chi connectivity index (χ0n) is 31.6. The second-order valence-electron chi connectivity index (χ2n) is 17.1. The highest BCUT2D eigenvalue weighted by atomic mass is 35.5. The Balaban J connectivity index is 1.21. The van der Waals surface area contributed by atoms with Crippen molar-refractivity contribution in [2.75, 3.05) is 26.8 Å². The number of fused-ring (bicyclic) bond motifs is 1. The lowest BCUT2D eigenvalue weighted by atomic mass is 9.32. The maximum absolute atomic E-state index is 15.1. The minimum absolute atomic E-state index is 0.0100. The molecule has 8 nitrogen and oxygen atoms in total. The van der Waals surface area contributed by atoms with Crippen molar-refractivity contribution in [1.82, 2.24) is 4.31 Å². The fraction of sp³-hybridized carbons (Fsp3) is 0.548. The maximum Gasteiger partial charge on any atom is 0.416 e. The number of halogens is 4. The molecule has 1 aromatic carbocycles. The van der Waals surface area contributed by atoms with Crippen molar-refractivity contribution < 1.29 is 45.8 Å². The van der Waals surface area contributed by atoms with Crippen molar-refractivity contribution in [1.29, 1.82) is 0 Å². The first-order valence-electron chi connectivity index (χ1n) is 19.2. The van der Waals surface area contributed by atoms with Gasteiger partial charge in [0.1, 0.15) is 9.97 Å². The lowest BCUT2D eigenvalue weighted by molar-refractivity contribution is -0.173. The van der Waals surface area contributed by atoms with E-state index in [1.165, 1.54) is 16.4 Å². The molecule has 2 aromatic heterocycles. The number of carbonyl (C=O) groups is 1. The van der Waals surface area contributed by atoms with Gasteiger partial charge in [0.2, 0.25) is 5.78 Å². The molecule has 0 amide bonds. The summed E-state index contributed by atoms with van der Waals surface area (Å²) < 4.78 is 82.1. The van der Waals surface area contributed by atoms with Gasteiger partial charge in [-0.1, -0.05) is 49.7 Å². The fourth-order valence-corrected chi connectivity index (χ4v) is 14.6. The number of ether oxygens (including phenoxy) is 1. The predicted molar refractivity (Wildman–Crippen MR) is 207 cm³/mol. The van der Waals surface area contributed by atoms with E-state index in [1.807, 2.05) is 13.0 Å². The Morgan fingerprint density at radius 1 is 1.05 bits per heavy atom. The van der Waals surface area contributed by atoms with Crippen LogP contribution in [0.2, 0.25) is 5.02 Å². The molecule has 2 N–H and O–H groups in total. The van der Waals surface area contributed by atoms with E-state index in [9.17, 15) is 31.8 Å². The van der Waals surface area contributed by atoms with Crippen LogP contribution in [-0.4, -0.2) is 67.2 Å².